The lowest BCUT2D eigenvalue weighted by molar-refractivity contribution is 1.04. The van der Waals surface area contributed by atoms with Crippen molar-refractivity contribution in [3.8, 4) is 0 Å². The predicted octanol–water partition coefficient (Wildman–Crippen LogP) is 2.77. The van der Waals surface area contributed by atoms with Crippen LogP contribution in [-0.4, -0.2) is 0 Å². The summed E-state index contributed by atoms with van der Waals surface area (Å²) >= 11 is 0. The molecule has 0 bridgehead atoms. The Morgan fingerprint density at radius 3 is 2.50 bits per heavy atom. The minimum absolute atomic E-state index is 1.00. The third kappa shape index (κ3) is 5.74. The molecule has 0 rings (SSSR count). The first kappa shape index (κ1) is 7.74. The van der Waals surface area contributed by atoms with Crippen LogP contribution >= 0.6 is 0 Å². The third-order valence-electron chi connectivity index (χ3n) is 0.822. The largest absolute Gasteiger partial charge is 0.0880 e. The van der Waals surface area contributed by atoms with E-state index in [9.17, 15) is 0 Å². The minimum atomic E-state index is 1.00. The van der Waals surface area contributed by atoms with E-state index in [0.29, 0.717) is 0 Å². The van der Waals surface area contributed by atoms with Crippen molar-refractivity contribution in [3.63, 3.8) is 0 Å². The molecule has 2 radical (unpaired) electrons. The van der Waals surface area contributed by atoms with Gasteiger partial charge in [-0.25, -0.2) is 0 Å². The van der Waals surface area contributed by atoms with Crippen molar-refractivity contribution in [1.29, 1.82) is 0 Å². The quantitative estimate of drug-likeness (QED) is 0.524. The smallest absolute Gasteiger partial charge is 0.00892 e. The predicted molar refractivity (Wildman–Crippen MR) is 38.3 cm³/mol. The van der Waals surface area contributed by atoms with E-state index in [4.69, 9.17) is 0 Å². The molecule has 0 aromatic carbocycles. The van der Waals surface area contributed by atoms with Gasteiger partial charge in [-0.1, -0.05) is 32.9 Å². The molecule has 0 heterocycles. The van der Waals surface area contributed by atoms with Gasteiger partial charge >= 0.3 is 0 Å². The van der Waals surface area contributed by atoms with Gasteiger partial charge in [0.05, 0.1) is 0 Å². The van der Waals surface area contributed by atoms with Gasteiger partial charge in [0.15, 0.2) is 0 Å². The fourth-order valence-electron chi connectivity index (χ4n) is 0.437. The van der Waals surface area contributed by atoms with E-state index in [1.54, 1.807) is 0 Å². The molecule has 0 aromatic rings. The monoisotopic (exact) mass is 110 g/mol. The third-order valence-corrected chi connectivity index (χ3v) is 0.822. The van der Waals surface area contributed by atoms with Gasteiger partial charge in [0.2, 0.25) is 0 Å². The van der Waals surface area contributed by atoms with Gasteiger partial charge in [0.1, 0.15) is 0 Å². The Kier molecular flexibility index (Phi) is 4.73. The zero-order chi connectivity index (χ0) is 6.41. The fraction of sp³-hybridized carbons (Fsp3) is 0.500. The summed E-state index contributed by atoms with van der Waals surface area (Å²) in [4.78, 5) is 0. The molecule has 0 N–H and O–H groups in total. The van der Waals surface area contributed by atoms with Crippen LogP contribution in [0.1, 0.15) is 26.7 Å². The van der Waals surface area contributed by atoms with Gasteiger partial charge in [-0.05, 0) is 18.8 Å². The van der Waals surface area contributed by atoms with E-state index in [1.807, 2.05) is 0 Å². The van der Waals surface area contributed by atoms with Crippen LogP contribution < -0.4 is 0 Å². The molecule has 0 saturated heterocycles. The van der Waals surface area contributed by atoms with Crippen LogP contribution in [0.2, 0.25) is 0 Å². The van der Waals surface area contributed by atoms with Crippen LogP contribution in [0, 0.1) is 12.8 Å². The van der Waals surface area contributed by atoms with Crippen LogP contribution in [-0.2, 0) is 0 Å². The van der Waals surface area contributed by atoms with Gasteiger partial charge in [-0.15, -0.1) is 0 Å². The summed E-state index contributed by atoms with van der Waals surface area (Å²) in [5, 5.41) is 0. The van der Waals surface area contributed by atoms with Crippen molar-refractivity contribution in [2.75, 3.05) is 0 Å². The van der Waals surface area contributed by atoms with Gasteiger partial charge in [-0.3, -0.25) is 0 Å². The van der Waals surface area contributed by atoms with Gasteiger partial charge in [0.25, 0.3) is 0 Å². The standard InChI is InChI=1S/C8H14/c1-4-5-6-7-8(2)3/h6-7H,1,4-5H2,2-3H3. The van der Waals surface area contributed by atoms with Crippen molar-refractivity contribution < 1.29 is 0 Å². The molecule has 0 aliphatic carbocycles. The van der Waals surface area contributed by atoms with Crippen LogP contribution in [0.4, 0.5) is 0 Å². The number of allylic oxidation sites excluding steroid dienone is 2. The lowest BCUT2D eigenvalue weighted by Gasteiger charge is -1.89. The Bertz CT molecular complexity index is 60.4. The lowest BCUT2D eigenvalue weighted by atomic mass is 10.2. The maximum absolute atomic E-state index is 3.72. The molecule has 8 heavy (non-hydrogen) atoms. The molecule has 0 spiro atoms. The van der Waals surface area contributed by atoms with Gasteiger partial charge in [0, 0.05) is 0 Å². The highest BCUT2D eigenvalue weighted by atomic mass is 13.9. The summed E-state index contributed by atoms with van der Waals surface area (Å²) < 4.78 is 0. The Labute approximate surface area is 52.6 Å². The maximum Gasteiger partial charge on any atom is -0.00892 e. The molecule has 0 fully saturated rings. The van der Waals surface area contributed by atoms with E-state index in [1.165, 1.54) is 5.92 Å². The molecule has 0 saturated carbocycles. The van der Waals surface area contributed by atoms with Crippen LogP contribution in [0.25, 0.3) is 0 Å². The molecular formula is C8H14. The number of hydrogen-bond donors (Lipinski definition) is 0. The molecular weight excluding hydrogens is 96.1 g/mol. The first-order valence-corrected chi connectivity index (χ1v) is 3.03. The van der Waals surface area contributed by atoms with Crippen LogP contribution in [0.15, 0.2) is 12.2 Å². The van der Waals surface area contributed by atoms with Crippen LogP contribution in [0.5, 0.6) is 0 Å². The van der Waals surface area contributed by atoms with E-state index in [-0.39, 0.29) is 0 Å². The number of rotatable bonds is 3. The maximum atomic E-state index is 3.72. The molecule has 0 amide bonds. The average molecular weight is 110 g/mol. The molecule has 0 atom stereocenters. The summed E-state index contributed by atoms with van der Waals surface area (Å²) in [6.45, 7) is 7.92. The Morgan fingerprint density at radius 2 is 2.12 bits per heavy atom. The minimum Gasteiger partial charge on any atom is -0.0880 e. The van der Waals surface area contributed by atoms with Crippen LogP contribution in [0.3, 0.4) is 0 Å². The van der Waals surface area contributed by atoms with E-state index in [2.05, 4.69) is 32.9 Å². The van der Waals surface area contributed by atoms with Crippen molar-refractivity contribution >= 4 is 0 Å². The first-order chi connectivity index (χ1) is 3.77. The molecule has 0 unspecified atom stereocenters. The summed E-state index contributed by atoms with van der Waals surface area (Å²) in [6, 6.07) is 0. The van der Waals surface area contributed by atoms with Gasteiger partial charge < -0.3 is 0 Å². The normalized spacial score (nSPS) is 11.5. The zero-order valence-corrected chi connectivity index (χ0v) is 5.78. The number of unbranched alkanes of at least 4 members (excludes halogenated alkanes) is 1. The summed E-state index contributed by atoms with van der Waals surface area (Å²) in [7, 11) is 0. The average Bonchev–Trinajstić information content (AvgIpc) is 1.66. The van der Waals surface area contributed by atoms with E-state index >= 15 is 0 Å². The summed E-state index contributed by atoms with van der Waals surface area (Å²) in [6.07, 6.45) is 6.39. The molecule has 0 aliphatic rings. The molecule has 0 aromatic heterocycles. The number of hydrogen-bond acceptors (Lipinski definition) is 0. The van der Waals surface area contributed by atoms with E-state index < -0.39 is 0 Å². The second-order valence-corrected chi connectivity index (χ2v) is 2.12. The highest BCUT2D eigenvalue weighted by Crippen LogP contribution is 1.98. The molecule has 46 valence electrons. The molecule has 0 heteroatoms. The zero-order valence-electron chi connectivity index (χ0n) is 5.78. The SMILES string of the molecule is [CH2]CCC=C[C](C)C. The van der Waals surface area contributed by atoms with Gasteiger partial charge in [-0.2, -0.15) is 0 Å². The Balaban J connectivity index is 3.07. The Morgan fingerprint density at radius 1 is 1.50 bits per heavy atom. The lowest BCUT2D eigenvalue weighted by Crippen LogP contribution is -1.72. The van der Waals surface area contributed by atoms with Crippen molar-refractivity contribution in [2.24, 2.45) is 0 Å². The van der Waals surface area contributed by atoms with Crippen molar-refractivity contribution in [3.05, 3.63) is 25.0 Å². The molecule has 0 nitrogen and oxygen atoms in total. The highest BCUT2D eigenvalue weighted by molar-refractivity contribution is 5.03. The summed E-state index contributed by atoms with van der Waals surface area (Å²) in [5.74, 6) is 1.36. The Hall–Kier alpha value is -0.260. The molecule has 0 aliphatic heterocycles. The topological polar surface area (TPSA) is 0 Å². The highest BCUT2D eigenvalue weighted by Gasteiger charge is 1.81. The second-order valence-electron chi connectivity index (χ2n) is 2.12. The fourth-order valence-corrected chi connectivity index (χ4v) is 0.437. The van der Waals surface area contributed by atoms with Crippen molar-refractivity contribution in [2.45, 2.75) is 26.7 Å². The summed E-state index contributed by atoms with van der Waals surface area (Å²) in [5.41, 5.74) is 0. The second kappa shape index (κ2) is 4.89. The van der Waals surface area contributed by atoms with E-state index in [0.717, 1.165) is 12.8 Å². The van der Waals surface area contributed by atoms with Crippen molar-refractivity contribution in [1.82, 2.24) is 0 Å². The first-order valence-electron chi connectivity index (χ1n) is 3.03.